The van der Waals surface area contributed by atoms with Crippen molar-refractivity contribution < 1.29 is 33.8 Å². The Morgan fingerprint density at radius 3 is 2.65 bits per heavy atom. The van der Waals surface area contributed by atoms with Crippen LogP contribution in [0.1, 0.15) is 64.0 Å². The lowest BCUT2D eigenvalue weighted by atomic mass is 9.70. The van der Waals surface area contributed by atoms with Crippen LogP contribution < -0.4 is 5.32 Å². The number of hydrogen-bond donors (Lipinski definition) is 2. The maximum Gasteiger partial charge on any atom is 0.313 e. The first-order chi connectivity index (χ1) is 20.7. The summed E-state index contributed by atoms with van der Waals surface area (Å²) in [5.74, 6) is -3.27. The van der Waals surface area contributed by atoms with Gasteiger partial charge in [-0.2, -0.15) is 0 Å². The fourth-order valence-corrected chi connectivity index (χ4v) is 6.81. The molecule has 4 rings (SSSR count). The number of aliphatic hydroxyl groups excluding tert-OH is 1. The van der Waals surface area contributed by atoms with Crippen molar-refractivity contribution in [2.45, 2.75) is 82.3 Å². The van der Waals surface area contributed by atoms with Crippen molar-refractivity contribution >= 4 is 23.7 Å². The monoisotopic (exact) mass is 595 g/mol. The van der Waals surface area contributed by atoms with Crippen LogP contribution in [0.3, 0.4) is 0 Å². The fourth-order valence-electron chi connectivity index (χ4n) is 6.81. The maximum atomic E-state index is 14.2. The van der Waals surface area contributed by atoms with Crippen molar-refractivity contribution in [2.24, 2.45) is 11.8 Å². The molecule has 0 aromatic heterocycles. The van der Waals surface area contributed by atoms with Gasteiger partial charge in [0.2, 0.25) is 17.7 Å². The maximum absolute atomic E-state index is 14.2. The number of carbonyl (C=O) groups is 4. The zero-order valence-electron chi connectivity index (χ0n) is 25.3. The number of nitrogens with one attached hydrogen (secondary N) is 1. The Bertz CT molecular complexity index is 1190. The van der Waals surface area contributed by atoms with Gasteiger partial charge in [0, 0.05) is 19.5 Å². The van der Waals surface area contributed by atoms with Crippen LogP contribution in [0.25, 0.3) is 0 Å². The first-order valence-electron chi connectivity index (χ1n) is 15.4. The lowest BCUT2D eigenvalue weighted by Gasteiger charge is -2.38. The second kappa shape index (κ2) is 14.3. The Hall–Kier alpha value is -3.50. The topological polar surface area (TPSA) is 125 Å². The third-order valence-electron chi connectivity index (χ3n) is 8.92. The van der Waals surface area contributed by atoms with Crippen molar-refractivity contribution in [1.82, 2.24) is 15.1 Å². The highest BCUT2D eigenvalue weighted by molar-refractivity contribution is 5.98. The van der Waals surface area contributed by atoms with E-state index in [9.17, 15) is 24.3 Å². The molecule has 1 aromatic rings. The molecular formula is C33H45N3O7. The van der Waals surface area contributed by atoms with Crippen LogP contribution in [-0.4, -0.2) is 88.6 Å². The smallest absolute Gasteiger partial charge is 0.313 e. The highest BCUT2D eigenvalue weighted by Crippen LogP contribution is 2.59. The first kappa shape index (κ1) is 32.4. The minimum Gasteiger partial charge on any atom is -0.455 e. The predicted octanol–water partition coefficient (Wildman–Crippen LogP) is 2.92. The molecule has 0 radical (unpaired) electrons. The number of hydrogen-bond acceptors (Lipinski definition) is 7. The zero-order valence-corrected chi connectivity index (χ0v) is 25.3. The second-order valence-electron chi connectivity index (χ2n) is 11.7. The van der Waals surface area contributed by atoms with Gasteiger partial charge in [-0.3, -0.25) is 19.2 Å². The second-order valence-corrected chi connectivity index (χ2v) is 11.7. The molecule has 3 fully saturated rings. The highest BCUT2D eigenvalue weighted by atomic mass is 16.6. The van der Waals surface area contributed by atoms with E-state index < -0.39 is 47.7 Å². The van der Waals surface area contributed by atoms with E-state index in [1.165, 1.54) is 4.90 Å². The number of fused-ring (bicyclic) bond motifs is 1. The zero-order chi connectivity index (χ0) is 31.1. The summed E-state index contributed by atoms with van der Waals surface area (Å²) in [6.45, 7) is 11.7. The van der Waals surface area contributed by atoms with Gasteiger partial charge < -0.3 is 29.7 Å². The molecule has 1 spiro atoms. The van der Waals surface area contributed by atoms with Crippen molar-refractivity contribution in [2.75, 3.05) is 26.2 Å². The highest BCUT2D eigenvalue weighted by Gasteiger charge is 2.75. The summed E-state index contributed by atoms with van der Waals surface area (Å²) in [6.07, 6.45) is 5.38. The summed E-state index contributed by atoms with van der Waals surface area (Å²) in [4.78, 5) is 57.7. The Kier molecular flexibility index (Phi) is 10.8. The van der Waals surface area contributed by atoms with E-state index in [-0.39, 0.29) is 37.3 Å². The normalized spacial score (nSPS) is 26.9. The molecule has 3 saturated heterocycles. The van der Waals surface area contributed by atoms with E-state index in [2.05, 4.69) is 18.5 Å². The molecule has 3 heterocycles. The predicted molar refractivity (Wildman–Crippen MR) is 160 cm³/mol. The van der Waals surface area contributed by atoms with Gasteiger partial charge in [0.05, 0.1) is 37.1 Å². The number of benzene rings is 1. The molecule has 2 N–H and O–H groups in total. The number of amides is 3. The van der Waals surface area contributed by atoms with E-state index in [0.717, 1.165) is 12.8 Å². The van der Waals surface area contributed by atoms with Crippen LogP contribution in [0.5, 0.6) is 0 Å². The van der Waals surface area contributed by atoms with Gasteiger partial charge in [-0.15, -0.1) is 13.2 Å². The van der Waals surface area contributed by atoms with Crippen LogP contribution in [0.15, 0.2) is 55.6 Å². The average molecular weight is 596 g/mol. The number of allylic oxidation sites excluding steroid dienone is 1. The minimum absolute atomic E-state index is 0.0659. The van der Waals surface area contributed by atoms with Crippen molar-refractivity contribution in [3.05, 3.63) is 61.2 Å². The lowest BCUT2D eigenvalue weighted by Crippen LogP contribution is -2.58. The van der Waals surface area contributed by atoms with Gasteiger partial charge in [0.25, 0.3) is 0 Å². The quantitative estimate of drug-likeness (QED) is 0.222. The summed E-state index contributed by atoms with van der Waals surface area (Å²) in [5.41, 5.74) is -0.491. The van der Waals surface area contributed by atoms with Crippen molar-refractivity contribution in [3.63, 3.8) is 0 Å². The average Bonchev–Trinajstić information content (AvgIpc) is 3.67. The number of unbranched alkanes of at least 4 members (excludes halogenated alkanes) is 1. The van der Waals surface area contributed by atoms with Gasteiger partial charge in [-0.1, -0.05) is 55.8 Å². The molecule has 2 bridgehead atoms. The lowest BCUT2D eigenvalue weighted by molar-refractivity contribution is -0.161. The third kappa shape index (κ3) is 6.40. The summed E-state index contributed by atoms with van der Waals surface area (Å²) >= 11 is 0. The number of ether oxygens (including phenoxy) is 2. The molecule has 3 amide bonds. The van der Waals surface area contributed by atoms with E-state index in [4.69, 9.17) is 9.47 Å². The van der Waals surface area contributed by atoms with Crippen LogP contribution in [0.2, 0.25) is 0 Å². The van der Waals surface area contributed by atoms with Gasteiger partial charge in [0.15, 0.2) is 0 Å². The molecule has 0 saturated carbocycles. The number of carbonyl (C=O) groups excluding carboxylic acids is 4. The molecule has 10 heteroatoms. The molecule has 43 heavy (non-hydrogen) atoms. The van der Waals surface area contributed by atoms with Crippen molar-refractivity contribution in [3.8, 4) is 0 Å². The summed E-state index contributed by atoms with van der Waals surface area (Å²) in [7, 11) is 0. The van der Waals surface area contributed by atoms with E-state index in [0.29, 0.717) is 37.9 Å². The molecule has 3 aliphatic heterocycles. The molecule has 10 nitrogen and oxygen atoms in total. The Morgan fingerprint density at radius 2 is 2.00 bits per heavy atom. The van der Waals surface area contributed by atoms with E-state index >= 15 is 0 Å². The molecule has 3 aliphatic rings. The largest absolute Gasteiger partial charge is 0.455 e. The fraction of sp³-hybridized carbons (Fsp3) is 0.576. The number of aliphatic hydroxyl groups is 1. The third-order valence-corrected chi connectivity index (χ3v) is 8.92. The van der Waals surface area contributed by atoms with Gasteiger partial charge in [-0.25, -0.2) is 0 Å². The van der Waals surface area contributed by atoms with Crippen LogP contribution in [-0.2, 0) is 28.7 Å². The van der Waals surface area contributed by atoms with Gasteiger partial charge >= 0.3 is 5.97 Å². The van der Waals surface area contributed by atoms with Crippen LogP contribution >= 0.6 is 0 Å². The van der Waals surface area contributed by atoms with Crippen LogP contribution in [0, 0.1) is 11.8 Å². The van der Waals surface area contributed by atoms with E-state index in [1.54, 1.807) is 24.0 Å². The number of rotatable bonds is 16. The minimum atomic E-state index is -1.20. The van der Waals surface area contributed by atoms with Gasteiger partial charge in [-0.05, 0) is 38.2 Å². The molecular weight excluding hydrogens is 550 g/mol. The molecule has 234 valence electrons. The number of esters is 1. The Morgan fingerprint density at radius 1 is 1.26 bits per heavy atom. The van der Waals surface area contributed by atoms with Gasteiger partial charge in [0.1, 0.15) is 17.7 Å². The first-order valence-corrected chi connectivity index (χ1v) is 15.4. The molecule has 0 aliphatic carbocycles. The molecule has 0 unspecified atom stereocenters. The molecule has 7 atom stereocenters. The standard InChI is InChI=1S/C33H45N3O7/c1-5-8-15-26(38)34-20-25(23-13-11-10-12-14-23)42-32(41)27-24-16-17-33(43-24)28(27)30(39)36(22(4)21-37)29(33)31(40)35(18-7-3)19-9-6-2/h5,7,10-14,22,24-25,27-29,37H,1,3,6,8-9,15-21H2,2,4H3,(H,34,38)/t22-,24-,25+,27+,28+,29-,33+/m1/s1. The van der Waals surface area contributed by atoms with Crippen LogP contribution in [0.4, 0.5) is 0 Å². The van der Waals surface area contributed by atoms with E-state index in [1.807, 2.05) is 37.3 Å². The summed E-state index contributed by atoms with van der Waals surface area (Å²) < 4.78 is 12.6. The Labute approximate surface area is 254 Å². The number of nitrogens with zero attached hydrogens (tertiary/aromatic N) is 2. The van der Waals surface area contributed by atoms with Crippen molar-refractivity contribution in [1.29, 1.82) is 0 Å². The Balaban J connectivity index is 1.62. The molecule has 1 aromatic carbocycles. The summed E-state index contributed by atoms with van der Waals surface area (Å²) in [6, 6.07) is 7.50. The SMILES string of the molecule is C=CCCC(=O)NC[C@H](OC(=O)[C@@H]1[C@H]2C(=O)N([C@H](C)CO)[C@H](C(=O)N(CC=C)CCCC)[C@]23CC[C@H]1O3)c1ccccc1. The number of likely N-dealkylation sites (tertiary alicyclic amines) is 1. The summed E-state index contributed by atoms with van der Waals surface area (Å²) in [5, 5.41) is 12.9.